The van der Waals surface area contributed by atoms with Gasteiger partial charge in [-0.2, -0.15) is 0 Å². The Morgan fingerprint density at radius 3 is 2.29 bits per heavy atom. The van der Waals surface area contributed by atoms with Gasteiger partial charge in [0.1, 0.15) is 0 Å². The highest BCUT2D eigenvalue weighted by Crippen LogP contribution is 2.45. The first-order valence-corrected chi connectivity index (χ1v) is 8.78. The summed E-state index contributed by atoms with van der Waals surface area (Å²) in [5.41, 5.74) is 1.60. The summed E-state index contributed by atoms with van der Waals surface area (Å²) in [6.07, 6.45) is 2.72. The lowest BCUT2D eigenvalue weighted by molar-refractivity contribution is 0.241. The summed E-state index contributed by atoms with van der Waals surface area (Å²) in [5, 5.41) is 6.18. The summed E-state index contributed by atoms with van der Waals surface area (Å²) in [4.78, 5) is 1.49. The van der Waals surface area contributed by atoms with E-state index in [1.54, 1.807) is 0 Å². The van der Waals surface area contributed by atoms with E-state index in [2.05, 4.69) is 73.9 Å². The zero-order chi connectivity index (χ0) is 14.9. The number of hydrogen-bond donors (Lipinski definition) is 1. The molecular formula is C19H25NS. The molecule has 2 heteroatoms. The Morgan fingerprint density at radius 2 is 1.76 bits per heavy atom. The van der Waals surface area contributed by atoms with Crippen molar-refractivity contribution in [1.82, 2.24) is 5.32 Å². The lowest BCUT2D eigenvalue weighted by Crippen LogP contribution is -2.35. The molecule has 1 N–H and O–H groups in total. The smallest absolute Gasteiger partial charge is 0.0448 e. The summed E-state index contributed by atoms with van der Waals surface area (Å²) in [6, 6.07) is 16.2. The average Bonchev–Trinajstić information content (AvgIpc) is 3.13. The Labute approximate surface area is 132 Å². The molecule has 21 heavy (non-hydrogen) atoms. The van der Waals surface area contributed by atoms with E-state index in [9.17, 15) is 0 Å². The van der Waals surface area contributed by atoms with Crippen LogP contribution in [-0.2, 0) is 0 Å². The van der Waals surface area contributed by atoms with E-state index < -0.39 is 0 Å². The third-order valence-corrected chi connectivity index (χ3v) is 5.24. The maximum atomic E-state index is 3.99. The van der Waals surface area contributed by atoms with Gasteiger partial charge >= 0.3 is 0 Å². The van der Waals surface area contributed by atoms with Gasteiger partial charge in [-0.05, 0) is 41.2 Å². The van der Waals surface area contributed by atoms with Crippen molar-refractivity contribution in [1.29, 1.82) is 0 Å². The molecule has 0 radical (unpaired) electrons. The van der Waals surface area contributed by atoms with Gasteiger partial charge in [0, 0.05) is 17.0 Å². The molecule has 0 bridgehead atoms. The molecule has 0 saturated heterocycles. The van der Waals surface area contributed by atoms with Gasteiger partial charge in [-0.3, -0.25) is 0 Å². The Balaban J connectivity index is 1.87. The molecule has 1 nitrogen and oxygen atoms in total. The van der Waals surface area contributed by atoms with Gasteiger partial charge < -0.3 is 5.32 Å². The predicted octanol–water partition coefficient (Wildman–Crippen LogP) is 5.58. The van der Waals surface area contributed by atoms with Gasteiger partial charge in [0.2, 0.25) is 0 Å². The van der Waals surface area contributed by atoms with Gasteiger partial charge in [-0.1, -0.05) is 57.2 Å². The van der Waals surface area contributed by atoms with Crippen molar-refractivity contribution in [3.8, 4) is 0 Å². The van der Waals surface area contributed by atoms with Crippen molar-refractivity contribution in [2.45, 2.75) is 45.7 Å². The molecule has 2 aromatic rings. The average molecular weight is 299 g/mol. The molecule has 1 aromatic heterocycles. The van der Waals surface area contributed by atoms with E-state index in [0.717, 1.165) is 5.92 Å². The van der Waals surface area contributed by atoms with Gasteiger partial charge in [-0.15, -0.1) is 11.3 Å². The van der Waals surface area contributed by atoms with E-state index in [0.29, 0.717) is 12.1 Å². The molecule has 1 fully saturated rings. The molecule has 0 aliphatic heterocycles. The number of nitrogens with one attached hydrogen (secondary N) is 1. The van der Waals surface area contributed by atoms with Crippen LogP contribution in [0.5, 0.6) is 0 Å². The maximum Gasteiger partial charge on any atom is 0.0448 e. The van der Waals surface area contributed by atoms with Crippen LogP contribution in [-0.4, -0.2) is 0 Å². The number of benzene rings is 1. The van der Waals surface area contributed by atoms with Crippen LogP contribution < -0.4 is 5.32 Å². The van der Waals surface area contributed by atoms with Crippen molar-refractivity contribution in [3.63, 3.8) is 0 Å². The van der Waals surface area contributed by atoms with Crippen molar-refractivity contribution in [2.75, 3.05) is 0 Å². The molecule has 1 aromatic carbocycles. The molecule has 112 valence electrons. The third kappa shape index (κ3) is 3.56. The van der Waals surface area contributed by atoms with Gasteiger partial charge in [0.25, 0.3) is 0 Å². The second-order valence-corrected chi connectivity index (χ2v) is 8.19. The minimum atomic E-state index is 0.200. The highest BCUT2D eigenvalue weighted by Gasteiger charge is 2.37. The molecule has 0 amide bonds. The van der Waals surface area contributed by atoms with Crippen LogP contribution in [0.25, 0.3) is 0 Å². The quantitative estimate of drug-likeness (QED) is 0.760. The topological polar surface area (TPSA) is 12.0 Å². The number of rotatable bonds is 5. The van der Waals surface area contributed by atoms with Crippen LogP contribution in [0.1, 0.15) is 56.1 Å². The van der Waals surface area contributed by atoms with E-state index in [1.165, 1.54) is 23.3 Å². The number of thiophene rings is 1. The van der Waals surface area contributed by atoms with Crippen molar-refractivity contribution < 1.29 is 0 Å². The molecule has 2 unspecified atom stereocenters. The molecule has 1 aliphatic carbocycles. The van der Waals surface area contributed by atoms with E-state index >= 15 is 0 Å². The van der Waals surface area contributed by atoms with E-state index in [4.69, 9.17) is 0 Å². The standard InChI is InChI=1S/C19H25NS/c1-19(2,3)18(15-8-5-4-6-9-15)20-17(14-11-12-14)16-10-7-13-21-16/h4-10,13-14,17-18,20H,11-12H2,1-3H3. The van der Waals surface area contributed by atoms with E-state index in [-0.39, 0.29) is 5.41 Å². The summed E-state index contributed by atoms with van der Waals surface area (Å²) in [6.45, 7) is 6.99. The first-order valence-electron chi connectivity index (χ1n) is 7.90. The number of hydrogen-bond acceptors (Lipinski definition) is 2. The zero-order valence-corrected chi connectivity index (χ0v) is 14.0. The summed E-state index contributed by atoms with van der Waals surface area (Å²) in [5.74, 6) is 0.817. The first-order chi connectivity index (χ1) is 10.1. The Bertz CT molecular complexity index is 549. The second-order valence-electron chi connectivity index (χ2n) is 7.21. The van der Waals surface area contributed by atoms with Gasteiger partial charge in [0.15, 0.2) is 0 Å². The molecular weight excluding hydrogens is 274 g/mol. The Morgan fingerprint density at radius 1 is 1.05 bits per heavy atom. The SMILES string of the molecule is CC(C)(C)C(NC(c1cccs1)C1CC1)c1ccccc1. The zero-order valence-electron chi connectivity index (χ0n) is 13.2. The summed E-state index contributed by atoms with van der Waals surface area (Å²) >= 11 is 1.88. The Kier molecular flexibility index (Phi) is 4.19. The maximum absolute atomic E-state index is 3.99. The van der Waals surface area contributed by atoms with Crippen LogP contribution >= 0.6 is 11.3 Å². The molecule has 0 spiro atoms. The predicted molar refractivity (Wildman–Crippen MR) is 91.6 cm³/mol. The van der Waals surface area contributed by atoms with Crippen molar-refractivity contribution in [3.05, 3.63) is 58.3 Å². The molecule has 3 rings (SSSR count). The lowest BCUT2D eigenvalue weighted by atomic mass is 9.81. The largest absolute Gasteiger partial charge is 0.302 e. The third-order valence-electron chi connectivity index (χ3n) is 4.29. The summed E-state index contributed by atoms with van der Waals surface area (Å²) < 4.78 is 0. The fourth-order valence-electron chi connectivity index (χ4n) is 3.02. The second kappa shape index (κ2) is 5.94. The minimum absolute atomic E-state index is 0.200. The highest BCUT2D eigenvalue weighted by atomic mass is 32.1. The lowest BCUT2D eigenvalue weighted by Gasteiger charge is -2.35. The monoisotopic (exact) mass is 299 g/mol. The van der Waals surface area contributed by atoms with Crippen LogP contribution in [0.15, 0.2) is 47.8 Å². The van der Waals surface area contributed by atoms with Gasteiger partial charge in [0.05, 0.1) is 0 Å². The molecule has 1 aliphatic rings. The van der Waals surface area contributed by atoms with Crippen LogP contribution in [0, 0.1) is 11.3 Å². The fraction of sp³-hybridized carbons (Fsp3) is 0.474. The first kappa shape index (κ1) is 14.8. The van der Waals surface area contributed by atoms with Gasteiger partial charge in [-0.25, -0.2) is 0 Å². The Hall–Kier alpha value is -1.12. The van der Waals surface area contributed by atoms with Crippen LogP contribution in [0.2, 0.25) is 0 Å². The highest BCUT2D eigenvalue weighted by molar-refractivity contribution is 7.10. The molecule has 1 saturated carbocycles. The van der Waals surface area contributed by atoms with Crippen LogP contribution in [0.4, 0.5) is 0 Å². The minimum Gasteiger partial charge on any atom is -0.302 e. The summed E-state index contributed by atoms with van der Waals surface area (Å²) in [7, 11) is 0. The van der Waals surface area contributed by atoms with Crippen molar-refractivity contribution in [2.24, 2.45) is 11.3 Å². The van der Waals surface area contributed by atoms with E-state index in [1.807, 2.05) is 11.3 Å². The van der Waals surface area contributed by atoms with Crippen molar-refractivity contribution >= 4 is 11.3 Å². The molecule has 1 heterocycles. The fourth-order valence-corrected chi connectivity index (χ4v) is 3.90. The van der Waals surface area contributed by atoms with Crippen LogP contribution in [0.3, 0.4) is 0 Å². The normalized spacial score (nSPS) is 18.4. The molecule has 2 atom stereocenters.